The van der Waals surface area contributed by atoms with Gasteiger partial charge in [-0.1, -0.05) is 0 Å². The van der Waals surface area contributed by atoms with Crippen molar-refractivity contribution in [2.45, 2.75) is 44.9 Å². The van der Waals surface area contributed by atoms with Gasteiger partial charge in [-0.05, 0) is 45.4 Å². The van der Waals surface area contributed by atoms with Crippen LogP contribution in [0, 0.1) is 17.1 Å². The highest BCUT2D eigenvalue weighted by Gasteiger charge is 2.35. The third kappa shape index (κ3) is 6.55. The van der Waals surface area contributed by atoms with Gasteiger partial charge in [0.1, 0.15) is 6.61 Å². The normalized spacial score (nSPS) is 21.7. The predicted molar refractivity (Wildman–Crippen MR) is 117 cm³/mol. The van der Waals surface area contributed by atoms with E-state index in [9.17, 15) is 14.3 Å². The van der Waals surface area contributed by atoms with Gasteiger partial charge in [-0.3, -0.25) is 9.80 Å². The number of hydrogen-bond donors (Lipinski definition) is 1. The first-order valence-electron chi connectivity index (χ1n) is 11.1. The average molecular weight is 449 g/mol. The molecule has 0 saturated carbocycles. The summed E-state index contributed by atoms with van der Waals surface area (Å²) < 4.78 is 25.6. The van der Waals surface area contributed by atoms with Crippen molar-refractivity contribution in [2.75, 3.05) is 52.4 Å². The lowest BCUT2D eigenvalue weighted by molar-refractivity contribution is -0.139. The molecule has 2 atom stereocenters. The van der Waals surface area contributed by atoms with E-state index in [0.717, 1.165) is 39.1 Å². The highest BCUT2D eigenvalue weighted by atomic mass is 19.1. The smallest absolute Gasteiger partial charge is 0.407 e. The number of carboxylic acid groups (broad SMARTS) is 1. The summed E-state index contributed by atoms with van der Waals surface area (Å²) >= 11 is 0. The fourth-order valence-corrected chi connectivity index (χ4v) is 4.37. The number of nitrogens with zero attached hydrogens (tertiary/aromatic N) is 4. The average Bonchev–Trinajstić information content (AvgIpc) is 2.70. The van der Waals surface area contributed by atoms with Gasteiger partial charge in [0.15, 0.2) is 11.6 Å². The number of halogens is 1. The van der Waals surface area contributed by atoms with E-state index in [0.29, 0.717) is 19.7 Å². The summed E-state index contributed by atoms with van der Waals surface area (Å²) in [6, 6.07) is 6.13. The van der Waals surface area contributed by atoms with Crippen LogP contribution >= 0.6 is 0 Å². The highest BCUT2D eigenvalue weighted by Crippen LogP contribution is 2.21. The standard InChI is InChI=1S/C23H33FN4O4/c1-23(2,3)28(22(29)30)8-4-7-26-13-18-15-27(16-19(14-26)32-18)9-10-31-21-6-5-17(12-25)11-20(21)24/h5-6,11,18-19H,4,7-10,13-16H2,1-3H3,(H,29,30). The topological polar surface area (TPSA) is 89.3 Å². The Balaban J connectivity index is 1.40. The number of hydrogen-bond acceptors (Lipinski definition) is 6. The minimum atomic E-state index is -0.880. The molecule has 8 nitrogen and oxygen atoms in total. The fraction of sp³-hybridized carbons (Fsp3) is 0.652. The number of amides is 1. The van der Waals surface area contributed by atoms with Crippen LogP contribution in [0.15, 0.2) is 18.2 Å². The van der Waals surface area contributed by atoms with Crippen molar-refractivity contribution in [3.63, 3.8) is 0 Å². The Morgan fingerprint density at radius 1 is 1.25 bits per heavy atom. The molecule has 0 radical (unpaired) electrons. The van der Waals surface area contributed by atoms with Gasteiger partial charge in [0.05, 0.1) is 23.8 Å². The third-order valence-electron chi connectivity index (χ3n) is 5.86. The van der Waals surface area contributed by atoms with E-state index >= 15 is 0 Å². The molecule has 32 heavy (non-hydrogen) atoms. The van der Waals surface area contributed by atoms with Crippen molar-refractivity contribution in [3.05, 3.63) is 29.6 Å². The summed E-state index contributed by atoms with van der Waals surface area (Å²) in [6.45, 7) is 11.3. The summed E-state index contributed by atoms with van der Waals surface area (Å²) in [7, 11) is 0. The van der Waals surface area contributed by atoms with E-state index < -0.39 is 17.4 Å². The van der Waals surface area contributed by atoms with Gasteiger partial charge < -0.3 is 19.5 Å². The Morgan fingerprint density at radius 2 is 1.88 bits per heavy atom. The maximum absolute atomic E-state index is 13.9. The van der Waals surface area contributed by atoms with Crippen LogP contribution < -0.4 is 4.74 Å². The van der Waals surface area contributed by atoms with E-state index in [1.54, 1.807) is 6.07 Å². The van der Waals surface area contributed by atoms with Crippen molar-refractivity contribution < 1.29 is 23.8 Å². The zero-order valence-corrected chi connectivity index (χ0v) is 19.1. The van der Waals surface area contributed by atoms with E-state index in [4.69, 9.17) is 14.7 Å². The molecule has 1 amide bonds. The van der Waals surface area contributed by atoms with Crippen LogP contribution in [0.2, 0.25) is 0 Å². The molecule has 0 aromatic heterocycles. The molecule has 2 fully saturated rings. The lowest BCUT2D eigenvalue weighted by Crippen LogP contribution is -2.60. The molecule has 176 valence electrons. The van der Waals surface area contributed by atoms with Gasteiger partial charge in [0.25, 0.3) is 0 Å². The van der Waals surface area contributed by atoms with Gasteiger partial charge in [0.2, 0.25) is 0 Å². The van der Waals surface area contributed by atoms with Crippen LogP contribution in [-0.2, 0) is 4.74 Å². The van der Waals surface area contributed by atoms with Gasteiger partial charge in [-0.25, -0.2) is 9.18 Å². The Hall–Kier alpha value is -2.41. The van der Waals surface area contributed by atoms with E-state index in [2.05, 4.69) is 9.80 Å². The molecule has 2 unspecified atom stereocenters. The summed E-state index contributed by atoms with van der Waals surface area (Å²) in [4.78, 5) is 17.6. The minimum Gasteiger partial charge on any atom is -0.489 e. The summed E-state index contributed by atoms with van der Waals surface area (Å²) in [5, 5.41) is 18.2. The van der Waals surface area contributed by atoms with Crippen LogP contribution in [0.4, 0.5) is 9.18 Å². The molecule has 2 aliphatic rings. The number of ether oxygens (including phenoxy) is 2. The first-order valence-corrected chi connectivity index (χ1v) is 11.1. The molecule has 2 aliphatic heterocycles. The number of morpholine rings is 2. The predicted octanol–water partition coefficient (Wildman–Crippen LogP) is 2.63. The maximum atomic E-state index is 13.9. The molecular weight excluding hydrogens is 415 g/mol. The molecule has 2 heterocycles. The molecule has 9 heteroatoms. The van der Waals surface area contributed by atoms with Gasteiger partial charge >= 0.3 is 6.09 Å². The zero-order valence-electron chi connectivity index (χ0n) is 19.1. The van der Waals surface area contributed by atoms with Crippen LogP contribution in [0.1, 0.15) is 32.8 Å². The number of nitriles is 1. The van der Waals surface area contributed by atoms with Crippen molar-refractivity contribution in [2.24, 2.45) is 0 Å². The van der Waals surface area contributed by atoms with Gasteiger partial charge in [0, 0.05) is 51.4 Å². The molecule has 1 aromatic rings. The lowest BCUT2D eigenvalue weighted by Gasteiger charge is -2.46. The van der Waals surface area contributed by atoms with E-state index in [1.165, 1.54) is 17.0 Å². The molecule has 3 rings (SSSR count). The zero-order chi connectivity index (χ0) is 23.3. The SMILES string of the molecule is CC(C)(C)N(CCCN1CC2CN(CCOc3ccc(C#N)cc3F)CC(C1)O2)C(=O)O. The number of fused-ring (bicyclic) bond motifs is 2. The van der Waals surface area contributed by atoms with E-state index in [-0.39, 0.29) is 23.5 Å². The minimum absolute atomic E-state index is 0.104. The van der Waals surface area contributed by atoms with Gasteiger partial charge in [-0.15, -0.1) is 0 Å². The largest absolute Gasteiger partial charge is 0.489 e. The maximum Gasteiger partial charge on any atom is 0.407 e. The molecule has 2 saturated heterocycles. The summed E-state index contributed by atoms with van der Waals surface area (Å²) in [6.07, 6.45) is 0.117. The van der Waals surface area contributed by atoms with Crippen molar-refractivity contribution >= 4 is 6.09 Å². The Labute approximate surface area is 189 Å². The third-order valence-corrected chi connectivity index (χ3v) is 5.86. The second-order valence-electron chi connectivity index (χ2n) is 9.46. The first kappa shape index (κ1) is 24.2. The molecular formula is C23H33FN4O4. The molecule has 1 aromatic carbocycles. The Morgan fingerprint density at radius 3 is 2.41 bits per heavy atom. The van der Waals surface area contributed by atoms with Crippen molar-refractivity contribution in [1.82, 2.24) is 14.7 Å². The number of benzene rings is 1. The summed E-state index contributed by atoms with van der Waals surface area (Å²) in [5.41, 5.74) is -0.133. The second-order valence-corrected chi connectivity index (χ2v) is 9.46. The first-order chi connectivity index (χ1) is 15.2. The molecule has 0 aliphatic carbocycles. The van der Waals surface area contributed by atoms with Crippen LogP contribution in [-0.4, -0.2) is 96.1 Å². The lowest BCUT2D eigenvalue weighted by atomic mass is 10.1. The van der Waals surface area contributed by atoms with Crippen LogP contribution in [0.25, 0.3) is 0 Å². The summed E-state index contributed by atoms with van der Waals surface area (Å²) in [5.74, 6) is -0.360. The fourth-order valence-electron chi connectivity index (χ4n) is 4.37. The quantitative estimate of drug-likeness (QED) is 0.654. The van der Waals surface area contributed by atoms with Gasteiger partial charge in [-0.2, -0.15) is 5.26 Å². The van der Waals surface area contributed by atoms with Crippen LogP contribution in [0.5, 0.6) is 5.75 Å². The Kier molecular flexibility index (Phi) is 7.93. The molecule has 1 N–H and O–H groups in total. The number of carbonyl (C=O) groups is 1. The monoisotopic (exact) mass is 448 g/mol. The second kappa shape index (κ2) is 10.5. The van der Waals surface area contributed by atoms with E-state index in [1.807, 2.05) is 26.8 Å². The highest BCUT2D eigenvalue weighted by molar-refractivity contribution is 5.65. The Bertz CT molecular complexity index is 824. The van der Waals surface area contributed by atoms with Crippen molar-refractivity contribution in [3.8, 4) is 11.8 Å². The molecule has 0 spiro atoms. The van der Waals surface area contributed by atoms with Crippen molar-refractivity contribution in [1.29, 1.82) is 5.26 Å². The number of rotatable bonds is 8. The molecule has 2 bridgehead atoms. The van der Waals surface area contributed by atoms with Crippen LogP contribution in [0.3, 0.4) is 0 Å².